The molecule has 1 atom stereocenters. The van der Waals surface area contributed by atoms with Crippen LogP contribution >= 0.6 is 0 Å². The first-order valence-electron chi connectivity index (χ1n) is 7.94. The molecule has 0 aliphatic rings. The smallest absolute Gasteiger partial charge is 0.339 e. The van der Waals surface area contributed by atoms with E-state index < -0.39 is 12.1 Å². The van der Waals surface area contributed by atoms with Gasteiger partial charge in [0.2, 0.25) is 0 Å². The Morgan fingerprint density at radius 3 is 2.48 bits per heavy atom. The summed E-state index contributed by atoms with van der Waals surface area (Å²) < 4.78 is 10.7. The van der Waals surface area contributed by atoms with Crippen LogP contribution < -0.4 is 14.8 Å². The molecule has 0 aliphatic carbocycles. The van der Waals surface area contributed by atoms with Crippen LogP contribution in [-0.2, 0) is 11.3 Å². The van der Waals surface area contributed by atoms with Gasteiger partial charge in [0.1, 0.15) is 17.1 Å². The second-order valence-electron chi connectivity index (χ2n) is 5.39. The molecule has 6 nitrogen and oxygen atoms in total. The normalized spacial score (nSPS) is 11.4. The molecule has 0 aromatic heterocycles. The van der Waals surface area contributed by atoms with Crippen LogP contribution in [-0.4, -0.2) is 30.2 Å². The molecular weight excluding hydrogens is 322 g/mol. The van der Waals surface area contributed by atoms with Gasteiger partial charge in [-0.25, -0.2) is 4.79 Å². The highest BCUT2D eigenvalue weighted by Crippen LogP contribution is 2.20. The summed E-state index contributed by atoms with van der Waals surface area (Å²) in [5.74, 6) is -0.425. The molecule has 2 N–H and O–H groups in total. The molecule has 0 spiro atoms. The summed E-state index contributed by atoms with van der Waals surface area (Å²) in [6.45, 7) is 2.07. The molecule has 2 rings (SSSR count). The lowest BCUT2D eigenvalue weighted by atomic mass is 10.1. The number of amides is 1. The van der Waals surface area contributed by atoms with Crippen molar-refractivity contribution in [1.29, 1.82) is 0 Å². The van der Waals surface area contributed by atoms with Crippen molar-refractivity contribution in [2.24, 2.45) is 0 Å². The second-order valence-corrected chi connectivity index (χ2v) is 5.39. The lowest BCUT2D eigenvalue weighted by Gasteiger charge is -2.17. The van der Waals surface area contributed by atoms with Crippen LogP contribution in [0.5, 0.6) is 11.5 Å². The molecule has 2 aromatic carbocycles. The van der Waals surface area contributed by atoms with Gasteiger partial charge in [0.15, 0.2) is 6.10 Å². The number of rotatable bonds is 8. The van der Waals surface area contributed by atoms with E-state index in [-0.39, 0.29) is 23.8 Å². The maximum absolute atomic E-state index is 12.3. The molecule has 0 saturated carbocycles. The first kappa shape index (κ1) is 18.3. The number of carboxylic acids is 1. The fraction of sp³-hybridized carbons (Fsp3) is 0.263. The molecule has 0 fully saturated rings. The van der Waals surface area contributed by atoms with E-state index in [9.17, 15) is 14.7 Å². The zero-order chi connectivity index (χ0) is 18.2. The number of hydrogen-bond donors (Lipinski definition) is 2. The highest BCUT2D eigenvalue weighted by Gasteiger charge is 2.18. The molecule has 0 radical (unpaired) electrons. The minimum atomic E-state index is -1.08. The molecule has 1 amide bonds. The van der Waals surface area contributed by atoms with Crippen LogP contribution in [0.3, 0.4) is 0 Å². The SMILES string of the molecule is CC[C@@H](Oc1ccccc1)C(=O)NCc1ccc(OC)c(C(=O)O)c1. The van der Waals surface area contributed by atoms with Crippen molar-refractivity contribution in [2.75, 3.05) is 7.11 Å². The molecule has 132 valence electrons. The standard InChI is InChI=1S/C19H21NO5/c1-3-16(25-14-7-5-4-6-8-14)18(21)20-12-13-9-10-17(24-2)15(11-13)19(22)23/h4-11,16H,3,12H2,1-2H3,(H,20,21)(H,22,23)/t16-/m1/s1. The molecule has 0 bridgehead atoms. The fourth-order valence-electron chi connectivity index (χ4n) is 2.32. The number of aromatic carboxylic acids is 1. The summed E-state index contributed by atoms with van der Waals surface area (Å²) in [6.07, 6.45) is -0.0939. The Hall–Kier alpha value is -3.02. The van der Waals surface area contributed by atoms with Crippen molar-refractivity contribution in [2.45, 2.75) is 26.0 Å². The Morgan fingerprint density at radius 1 is 1.16 bits per heavy atom. The number of methoxy groups -OCH3 is 1. The monoisotopic (exact) mass is 343 g/mol. The van der Waals surface area contributed by atoms with E-state index in [2.05, 4.69) is 5.32 Å². The number of carboxylic acid groups (broad SMARTS) is 1. The summed E-state index contributed by atoms with van der Waals surface area (Å²) >= 11 is 0. The van der Waals surface area contributed by atoms with E-state index in [0.717, 1.165) is 0 Å². The quantitative estimate of drug-likeness (QED) is 0.770. The van der Waals surface area contributed by atoms with Crippen molar-refractivity contribution < 1.29 is 24.2 Å². The Kier molecular flexibility index (Phi) is 6.39. The third-order valence-electron chi connectivity index (χ3n) is 3.65. The summed E-state index contributed by atoms with van der Waals surface area (Å²) in [6, 6.07) is 13.9. The van der Waals surface area contributed by atoms with Crippen molar-refractivity contribution >= 4 is 11.9 Å². The van der Waals surface area contributed by atoms with Crippen molar-refractivity contribution in [1.82, 2.24) is 5.32 Å². The van der Waals surface area contributed by atoms with Crippen LogP contribution in [0.4, 0.5) is 0 Å². The van der Waals surface area contributed by atoms with Gasteiger partial charge in [-0.2, -0.15) is 0 Å². The molecule has 0 aliphatic heterocycles. The Morgan fingerprint density at radius 2 is 1.88 bits per heavy atom. The van der Waals surface area contributed by atoms with Crippen LogP contribution in [0, 0.1) is 0 Å². The van der Waals surface area contributed by atoms with Crippen molar-refractivity contribution in [3.8, 4) is 11.5 Å². The Balaban J connectivity index is 2.00. The molecular formula is C19H21NO5. The van der Waals surface area contributed by atoms with Gasteiger partial charge in [0.25, 0.3) is 5.91 Å². The minimum absolute atomic E-state index is 0.0572. The van der Waals surface area contributed by atoms with Crippen LogP contribution in [0.15, 0.2) is 48.5 Å². The number of para-hydroxylation sites is 1. The fourth-order valence-corrected chi connectivity index (χ4v) is 2.32. The van der Waals surface area contributed by atoms with Crippen LogP contribution in [0.1, 0.15) is 29.3 Å². The summed E-state index contributed by atoms with van der Waals surface area (Å²) in [4.78, 5) is 23.6. The second kappa shape index (κ2) is 8.73. The highest BCUT2D eigenvalue weighted by atomic mass is 16.5. The minimum Gasteiger partial charge on any atom is -0.496 e. The highest BCUT2D eigenvalue weighted by molar-refractivity contribution is 5.91. The van der Waals surface area contributed by atoms with Gasteiger partial charge in [-0.15, -0.1) is 0 Å². The summed E-state index contributed by atoms with van der Waals surface area (Å²) in [5.41, 5.74) is 0.725. The largest absolute Gasteiger partial charge is 0.496 e. The Bertz CT molecular complexity index is 730. The van der Waals surface area contributed by atoms with Crippen molar-refractivity contribution in [3.63, 3.8) is 0 Å². The van der Waals surface area contributed by atoms with Gasteiger partial charge in [-0.05, 0) is 36.2 Å². The molecule has 0 heterocycles. The Labute approximate surface area is 146 Å². The van der Waals surface area contributed by atoms with E-state index in [4.69, 9.17) is 9.47 Å². The lowest BCUT2D eigenvalue weighted by Crippen LogP contribution is -2.37. The van der Waals surface area contributed by atoms with Gasteiger partial charge in [0.05, 0.1) is 7.11 Å². The van der Waals surface area contributed by atoms with Gasteiger partial charge < -0.3 is 19.9 Å². The van der Waals surface area contributed by atoms with E-state index in [1.54, 1.807) is 24.3 Å². The third-order valence-corrected chi connectivity index (χ3v) is 3.65. The number of hydrogen-bond acceptors (Lipinski definition) is 4. The van der Waals surface area contributed by atoms with Gasteiger partial charge in [-0.3, -0.25) is 4.79 Å². The van der Waals surface area contributed by atoms with Crippen LogP contribution in [0.25, 0.3) is 0 Å². The molecule has 25 heavy (non-hydrogen) atoms. The summed E-state index contributed by atoms with van der Waals surface area (Å²) in [7, 11) is 1.41. The maximum atomic E-state index is 12.3. The van der Waals surface area contributed by atoms with E-state index in [1.165, 1.54) is 13.2 Å². The number of nitrogens with one attached hydrogen (secondary N) is 1. The predicted molar refractivity (Wildman–Crippen MR) is 92.9 cm³/mol. The first-order chi connectivity index (χ1) is 12.0. The number of carbonyl (C=O) groups excluding carboxylic acids is 1. The molecule has 0 unspecified atom stereocenters. The number of ether oxygens (including phenoxy) is 2. The van der Waals surface area contributed by atoms with Crippen molar-refractivity contribution in [3.05, 3.63) is 59.7 Å². The average molecular weight is 343 g/mol. The zero-order valence-corrected chi connectivity index (χ0v) is 14.2. The number of carbonyl (C=O) groups is 2. The average Bonchev–Trinajstić information content (AvgIpc) is 2.64. The topological polar surface area (TPSA) is 84.9 Å². The lowest BCUT2D eigenvalue weighted by molar-refractivity contribution is -0.128. The first-order valence-corrected chi connectivity index (χ1v) is 7.94. The molecule has 0 saturated heterocycles. The van der Waals surface area contributed by atoms with E-state index >= 15 is 0 Å². The predicted octanol–water partition coefficient (Wildman–Crippen LogP) is 2.87. The van der Waals surface area contributed by atoms with Gasteiger partial charge in [0, 0.05) is 6.54 Å². The van der Waals surface area contributed by atoms with Gasteiger partial charge in [-0.1, -0.05) is 31.2 Å². The zero-order valence-electron chi connectivity index (χ0n) is 14.2. The van der Waals surface area contributed by atoms with E-state index in [0.29, 0.717) is 17.7 Å². The number of benzene rings is 2. The molecule has 6 heteroatoms. The summed E-state index contributed by atoms with van der Waals surface area (Å²) in [5, 5.41) is 12.0. The maximum Gasteiger partial charge on any atom is 0.339 e. The van der Waals surface area contributed by atoms with E-state index in [1.807, 2.05) is 25.1 Å². The van der Waals surface area contributed by atoms with Gasteiger partial charge >= 0.3 is 5.97 Å². The van der Waals surface area contributed by atoms with Crippen LogP contribution in [0.2, 0.25) is 0 Å². The third kappa shape index (κ3) is 4.97. The molecule has 2 aromatic rings.